The predicted molar refractivity (Wildman–Crippen MR) is 121 cm³/mol. The number of amides is 1. The van der Waals surface area contributed by atoms with E-state index in [2.05, 4.69) is 10.4 Å². The van der Waals surface area contributed by atoms with Crippen molar-refractivity contribution in [1.82, 2.24) is 10.4 Å². The van der Waals surface area contributed by atoms with Crippen molar-refractivity contribution in [2.45, 2.75) is 25.5 Å². The van der Waals surface area contributed by atoms with Crippen LogP contribution in [0.1, 0.15) is 25.0 Å². The second-order valence-electron chi connectivity index (χ2n) is 6.97. The van der Waals surface area contributed by atoms with Gasteiger partial charge in [-0.05, 0) is 37.6 Å². The highest BCUT2D eigenvalue weighted by Gasteiger charge is 2.54. The van der Waals surface area contributed by atoms with Gasteiger partial charge in [0.1, 0.15) is 18.0 Å². The summed E-state index contributed by atoms with van der Waals surface area (Å²) in [6.45, 7) is 3.14. The number of carbonyl (C=O) groups is 2. The number of carbonyl (C=O) groups excluding carboxylic acids is 2. The minimum absolute atomic E-state index is 0.0610. The molecular weight excluding hydrogens is 430 g/mol. The van der Waals surface area contributed by atoms with E-state index < -0.39 is 29.3 Å². The third-order valence-electron chi connectivity index (χ3n) is 4.60. The Bertz CT molecular complexity index is 1100. The predicted octanol–water partition coefficient (Wildman–Crippen LogP) is 1.73. The number of carboxylic acid groups (broad SMARTS) is 1. The van der Waals surface area contributed by atoms with Crippen molar-refractivity contribution >= 4 is 35.6 Å². The van der Waals surface area contributed by atoms with Crippen LogP contribution in [-0.2, 0) is 19.9 Å². The molecule has 0 fully saturated rings. The Morgan fingerprint density at radius 3 is 2.52 bits per heavy atom. The van der Waals surface area contributed by atoms with Crippen molar-refractivity contribution in [3.05, 3.63) is 59.7 Å². The highest BCUT2D eigenvalue weighted by molar-refractivity contribution is 6.08. The number of nitrogens with one attached hydrogen (secondary N) is 1. The number of nitrogens with zero attached hydrogens (tertiary/aromatic N) is 2. The first-order valence-corrected chi connectivity index (χ1v) is 9.71. The van der Waals surface area contributed by atoms with Gasteiger partial charge in [-0.3, -0.25) is 0 Å². The molecule has 1 amide bonds. The number of ether oxygens (including phenoxy) is 2. The number of para-hydroxylation sites is 1. The van der Waals surface area contributed by atoms with Crippen molar-refractivity contribution in [1.29, 1.82) is 0 Å². The average Bonchev–Trinajstić information content (AvgIpc) is 2.80. The third kappa shape index (κ3) is 5.01. The van der Waals surface area contributed by atoms with Crippen LogP contribution in [0.3, 0.4) is 0 Å². The zero-order valence-electron chi connectivity index (χ0n) is 18.3. The molecule has 6 N–H and O–H groups in total. The van der Waals surface area contributed by atoms with Crippen molar-refractivity contribution < 1.29 is 29.0 Å². The van der Waals surface area contributed by atoms with Crippen LogP contribution in [0.15, 0.2) is 53.5 Å². The Balaban J connectivity index is 2.93. The quantitative estimate of drug-likeness (QED) is 0.110. The first-order chi connectivity index (χ1) is 15.7. The van der Waals surface area contributed by atoms with Gasteiger partial charge in [0, 0.05) is 5.56 Å². The molecule has 2 aromatic carbocycles. The van der Waals surface area contributed by atoms with Crippen LogP contribution in [-0.4, -0.2) is 47.7 Å². The van der Waals surface area contributed by atoms with E-state index in [0.29, 0.717) is 5.01 Å². The maximum absolute atomic E-state index is 12.9. The molecule has 174 valence electrons. The van der Waals surface area contributed by atoms with Gasteiger partial charge in [-0.15, -0.1) is 0 Å². The van der Waals surface area contributed by atoms with Crippen LogP contribution in [0, 0.1) is 0 Å². The van der Waals surface area contributed by atoms with Gasteiger partial charge in [0.2, 0.25) is 5.54 Å². The maximum atomic E-state index is 12.9. The molecule has 2 aromatic rings. The van der Waals surface area contributed by atoms with E-state index in [1.54, 1.807) is 38.0 Å². The van der Waals surface area contributed by atoms with Gasteiger partial charge in [0.15, 0.2) is 0 Å². The summed E-state index contributed by atoms with van der Waals surface area (Å²) in [6, 6.07) is 12.0. The lowest BCUT2D eigenvalue weighted by Gasteiger charge is -2.38. The molecule has 0 aliphatic rings. The van der Waals surface area contributed by atoms with Crippen LogP contribution in [0.2, 0.25) is 0 Å². The molecule has 0 aliphatic carbocycles. The summed E-state index contributed by atoms with van der Waals surface area (Å²) in [5.74, 6) is 11.5. The second kappa shape index (κ2) is 10.9. The Labute approximate surface area is 190 Å². The number of methoxy groups -OCH3 is 1. The molecule has 0 saturated heterocycles. The first kappa shape index (κ1) is 25.1. The van der Waals surface area contributed by atoms with Gasteiger partial charge < -0.3 is 20.0 Å². The summed E-state index contributed by atoms with van der Waals surface area (Å²) in [6.07, 6.45) is -0.616. The van der Waals surface area contributed by atoms with Crippen molar-refractivity contribution in [2.75, 3.05) is 7.11 Å². The zero-order chi connectivity index (χ0) is 24.6. The van der Waals surface area contributed by atoms with E-state index in [9.17, 15) is 19.5 Å². The Morgan fingerprint density at radius 1 is 1.24 bits per heavy atom. The van der Waals surface area contributed by atoms with Gasteiger partial charge >= 0.3 is 12.1 Å². The Morgan fingerprint density at radius 2 is 1.94 bits per heavy atom. The van der Waals surface area contributed by atoms with Gasteiger partial charge in [-0.2, -0.15) is 0 Å². The number of rotatable bonds is 9. The number of carboxylic acids is 1. The first-order valence-electron chi connectivity index (χ1n) is 9.71. The molecule has 0 saturated carbocycles. The van der Waals surface area contributed by atoms with Crippen LogP contribution in [0.5, 0.6) is 5.75 Å². The largest absolute Gasteiger partial charge is 0.496 e. The molecule has 0 aromatic heterocycles. The summed E-state index contributed by atoms with van der Waals surface area (Å²) >= 11 is 0. The zero-order valence-corrected chi connectivity index (χ0v) is 18.3. The van der Waals surface area contributed by atoms with Crippen LogP contribution < -0.4 is 21.8 Å². The van der Waals surface area contributed by atoms with Crippen molar-refractivity contribution in [3.8, 4) is 5.75 Å². The summed E-state index contributed by atoms with van der Waals surface area (Å²) in [7, 11) is 1.35. The third-order valence-corrected chi connectivity index (χ3v) is 4.60. The fraction of sp³-hybridized carbons (Fsp3) is 0.227. The van der Waals surface area contributed by atoms with Crippen molar-refractivity contribution in [2.24, 2.45) is 16.7 Å². The lowest BCUT2D eigenvalue weighted by atomic mass is 9.78. The second-order valence-corrected chi connectivity index (χ2v) is 6.97. The van der Waals surface area contributed by atoms with Crippen molar-refractivity contribution in [3.63, 3.8) is 0 Å². The van der Waals surface area contributed by atoms with E-state index in [0.717, 1.165) is 0 Å². The lowest BCUT2D eigenvalue weighted by Crippen LogP contribution is -2.59. The topological polar surface area (TPSA) is 170 Å². The molecule has 0 unspecified atom stereocenters. The number of hydrogen-bond donors (Lipinski definition) is 4. The monoisotopic (exact) mass is 455 g/mol. The Kier molecular flexibility index (Phi) is 8.30. The molecular formula is C22H25N5O6. The summed E-state index contributed by atoms with van der Waals surface area (Å²) in [4.78, 5) is 42.1. The molecule has 11 nitrogen and oxygen atoms in total. The average molecular weight is 455 g/mol. The minimum Gasteiger partial charge on any atom is -0.496 e. The minimum atomic E-state index is -2.55. The van der Waals surface area contributed by atoms with Crippen LogP contribution >= 0.6 is 0 Å². The molecule has 0 bridgehead atoms. The number of nitrogens with two attached hydrogens (primary N) is 2. The van der Waals surface area contributed by atoms with E-state index >= 15 is 0 Å². The summed E-state index contributed by atoms with van der Waals surface area (Å²) in [5, 5.41) is 10.8. The number of benzene rings is 2. The van der Waals surface area contributed by atoms with Crippen LogP contribution in [0.25, 0.3) is 5.57 Å². The molecule has 0 heterocycles. The molecule has 11 heteroatoms. The number of aliphatic imine (C=N–C) groups is 1. The SMILES string of the molecule is COc1ccccc1C(=C=O)[C@](C(=O)O)(c1cccc(N=CNN)c1)N(N)C(=O)OC(C)C. The lowest BCUT2D eigenvalue weighted by molar-refractivity contribution is -0.147. The highest BCUT2D eigenvalue weighted by Crippen LogP contribution is 2.43. The molecule has 0 aliphatic heterocycles. The van der Waals surface area contributed by atoms with E-state index in [1.165, 1.54) is 43.8 Å². The highest BCUT2D eigenvalue weighted by atomic mass is 16.6. The number of hydrogen-bond acceptors (Lipinski definition) is 8. The van der Waals surface area contributed by atoms with Gasteiger partial charge in [0.05, 0.1) is 24.5 Å². The van der Waals surface area contributed by atoms with E-state index in [4.69, 9.17) is 21.2 Å². The number of hydrazine groups is 2. The van der Waals surface area contributed by atoms with Gasteiger partial charge in [0.25, 0.3) is 0 Å². The normalized spacial score (nSPS) is 12.5. The van der Waals surface area contributed by atoms with E-state index in [-0.39, 0.29) is 22.6 Å². The van der Waals surface area contributed by atoms with Gasteiger partial charge in [-0.1, -0.05) is 30.3 Å². The molecule has 33 heavy (non-hydrogen) atoms. The molecule has 0 spiro atoms. The molecule has 0 radical (unpaired) electrons. The summed E-state index contributed by atoms with van der Waals surface area (Å²) in [5.41, 5.74) is -0.515. The van der Waals surface area contributed by atoms with Gasteiger partial charge in [-0.25, -0.2) is 36.1 Å². The molecule has 1 atom stereocenters. The number of aliphatic carboxylic acids is 1. The fourth-order valence-electron chi connectivity index (χ4n) is 3.23. The Hall–Kier alpha value is -4.18. The fourth-order valence-corrected chi connectivity index (χ4v) is 3.23. The van der Waals surface area contributed by atoms with Crippen LogP contribution in [0.4, 0.5) is 10.5 Å². The smallest absolute Gasteiger partial charge is 0.426 e. The standard InChI is InChI=1S/C22H25N5O6/c1-14(2)33-21(31)27(24)22(20(29)30,15-7-6-8-16(11-15)25-13-26-23)18(12-28)17-9-4-5-10-19(17)32-3/h4-11,13-14H,23-24H2,1-3H3,(H,25,26)(H,29,30)/t22-/m0/s1. The summed E-state index contributed by atoms with van der Waals surface area (Å²) < 4.78 is 10.4. The maximum Gasteiger partial charge on any atom is 0.426 e. The van der Waals surface area contributed by atoms with E-state index in [1.807, 2.05) is 0 Å². The molecule has 2 rings (SSSR count).